The molecule has 0 saturated heterocycles. The third kappa shape index (κ3) is 3.20. The molecule has 0 atom stereocenters. The van der Waals surface area contributed by atoms with Crippen LogP contribution in [0.15, 0.2) is 64.5 Å². The Labute approximate surface area is 165 Å². The highest BCUT2D eigenvalue weighted by molar-refractivity contribution is 6.43. The lowest BCUT2D eigenvalue weighted by molar-refractivity contribution is -0.135. The lowest BCUT2D eigenvalue weighted by Gasteiger charge is -2.24. The maximum Gasteiger partial charge on any atom is 0.361 e. The number of benzene rings is 2. The SMILES string of the molecule is CCOC(=O)C1=NN(c2ccc(Cl)cc2)Cc2c1[nH]n(-c1ccccc1)c2=O. The van der Waals surface area contributed by atoms with Crippen molar-refractivity contribution in [2.45, 2.75) is 13.5 Å². The first-order chi connectivity index (χ1) is 13.6. The van der Waals surface area contributed by atoms with Crippen LogP contribution in [-0.4, -0.2) is 28.1 Å². The lowest BCUT2D eigenvalue weighted by Crippen LogP contribution is -2.33. The second kappa shape index (κ2) is 7.36. The minimum Gasteiger partial charge on any atom is -0.461 e. The zero-order chi connectivity index (χ0) is 19.7. The van der Waals surface area contributed by atoms with E-state index in [1.165, 1.54) is 4.68 Å². The van der Waals surface area contributed by atoms with Crippen molar-refractivity contribution in [3.05, 3.63) is 81.2 Å². The van der Waals surface area contributed by atoms with E-state index < -0.39 is 5.97 Å². The Morgan fingerprint density at radius 1 is 1.14 bits per heavy atom. The van der Waals surface area contributed by atoms with E-state index in [0.29, 0.717) is 27.7 Å². The highest BCUT2D eigenvalue weighted by Gasteiger charge is 2.31. The Bertz CT molecular complexity index is 1100. The number of esters is 1. The van der Waals surface area contributed by atoms with Crippen molar-refractivity contribution < 1.29 is 9.53 Å². The molecule has 1 aliphatic heterocycles. The first kappa shape index (κ1) is 18.1. The number of hydrogen-bond donors (Lipinski definition) is 1. The summed E-state index contributed by atoms with van der Waals surface area (Å²) in [7, 11) is 0. The molecule has 0 spiro atoms. The van der Waals surface area contributed by atoms with Gasteiger partial charge in [-0.15, -0.1) is 0 Å². The topological polar surface area (TPSA) is 79.7 Å². The van der Waals surface area contributed by atoms with Gasteiger partial charge in [-0.25, -0.2) is 9.48 Å². The van der Waals surface area contributed by atoms with Gasteiger partial charge in [0.25, 0.3) is 5.56 Å². The van der Waals surface area contributed by atoms with Crippen LogP contribution in [0, 0.1) is 0 Å². The second-order valence-corrected chi connectivity index (χ2v) is 6.58. The molecule has 142 valence electrons. The van der Waals surface area contributed by atoms with E-state index in [0.717, 1.165) is 0 Å². The standard InChI is InChI=1S/C20H17ClN4O3/c1-2-28-20(27)18-17-16(12-24(22-18)14-10-8-13(21)9-11-14)19(26)25(23-17)15-6-4-3-5-7-15/h3-11,23H,2,12H2,1H3. The number of nitrogens with one attached hydrogen (secondary N) is 1. The molecule has 3 aromatic rings. The highest BCUT2D eigenvalue weighted by atomic mass is 35.5. The smallest absolute Gasteiger partial charge is 0.361 e. The van der Waals surface area contributed by atoms with E-state index in [4.69, 9.17) is 16.3 Å². The van der Waals surface area contributed by atoms with Gasteiger partial charge in [0.05, 0.1) is 30.1 Å². The number of hydrogen-bond acceptors (Lipinski definition) is 5. The molecule has 0 fully saturated rings. The van der Waals surface area contributed by atoms with E-state index in [9.17, 15) is 9.59 Å². The summed E-state index contributed by atoms with van der Waals surface area (Å²) in [6.45, 7) is 2.14. The van der Waals surface area contributed by atoms with Crippen molar-refractivity contribution in [2.24, 2.45) is 5.10 Å². The van der Waals surface area contributed by atoms with Gasteiger partial charge in [-0.3, -0.25) is 14.9 Å². The fourth-order valence-electron chi connectivity index (χ4n) is 3.03. The van der Waals surface area contributed by atoms with E-state index in [-0.39, 0.29) is 24.4 Å². The Balaban J connectivity index is 1.84. The molecule has 0 radical (unpaired) electrons. The van der Waals surface area contributed by atoms with E-state index in [1.54, 1.807) is 36.2 Å². The number of para-hydroxylation sites is 1. The molecule has 0 bridgehead atoms. The average molecular weight is 397 g/mol. The molecule has 1 aromatic heterocycles. The number of aromatic nitrogens is 2. The molecular weight excluding hydrogens is 380 g/mol. The fourth-order valence-corrected chi connectivity index (χ4v) is 3.16. The molecule has 0 aliphatic carbocycles. The number of rotatable bonds is 4. The zero-order valence-electron chi connectivity index (χ0n) is 15.1. The molecule has 1 aliphatic rings. The normalized spacial score (nSPS) is 13.1. The third-order valence-corrected chi connectivity index (χ3v) is 4.61. The molecule has 2 aromatic carbocycles. The summed E-state index contributed by atoms with van der Waals surface area (Å²) in [5.41, 5.74) is 2.02. The van der Waals surface area contributed by atoms with Crippen molar-refractivity contribution in [3.63, 3.8) is 0 Å². The number of hydrazone groups is 1. The van der Waals surface area contributed by atoms with Crippen LogP contribution >= 0.6 is 11.6 Å². The van der Waals surface area contributed by atoms with Crippen LogP contribution in [0.5, 0.6) is 0 Å². The average Bonchev–Trinajstić information content (AvgIpc) is 3.05. The van der Waals surface area contributed by atoms with Crippen LogP contribution in [0.2, 0.25) is 5.02 Å². The van der Waals surface area contributed by atoms with Crippen LogP contribution in [0.1, 0.15) is 18.2 Å². The summed E-state index contributed by atoms with van der Waals surface area (Å²) < 4.78 is 6.56. The summed E-state index contributed by atoms with van der Waals surface area (Å²) in [5, 5.41) is 9.63. The molecule has 0 unspecified atom stereocenters. The van der Waals surface area contributed by atoms with Crippen LogP contribution in [-0.2, 0) is 16.1 Å². The summed E-state index contributed by atoms with van der Waals surface area (Å²) >= 11 is 5.96. The number of carbonyl (C=O) groups excluding carboxylic acids is 1. The molecule has 0 amide bonds. The molecule has 8 heteroatoms. The molecule has 28 heavy (non-hydrogen) atoms. The molecule has 4 rings (SSSR count). The Kier molecular flexibility index (Phi) is 4.75. The van der Waals surface area contributed by atoms with Gasteiger partial charge in [0, 0.05) is 5.02 Å². The number of aromatic amines is 1. The third-order valence-electron chi connectivity index (χ3n) is 4.36. The minimum atomic E-state index is -0.594. The minimum absolute atomic E-state index is 0.0600. The summed E-state index contributed by atoms with van der Waals surface area (Å²) in [6, 6.07) is 16.2. The number of carbonyl (C=O) groups is 1. The molecule has 2 heterocycles. The van der Waals surface area contributed by atoms with Gasteiger partial charge in [-0.05, 0) is 43.3 Å². The Morgan fingerprint density at radius 3 is 2.54 bits per heavy atom. The molecule has 1 N–H and O–H groups in total. The van der Waals surface area contributed by atoms with Gasteiger partial charge >= 0.3 is 5.97 Å². The van der Waals surface area contributed by atoms with Gasteiger partial charge in [0.15, 0.2) is 5.71 Å². The van der Waals surface area contributed by atoms with Crippen LogP contribution in [0.3, 0.4) is 0 Å². The number of nitrogens with zero attached hydrogens (tertiary/aromatic N) is 3. The van der Waals surface area contributed by atoms with Crippen molar-refractivity contribution in [2.75, 3.05) is 11.6 Å². The predicted molar refractivity (Wildman–Crippen MR) is 107 cm³/mol. The first-order valence-corrected chi connectivity index (χ1v) is 9.14. The predicted octanol–water partition coefficient (Wildman–Crippen LogP) is 3.11. The van der Waals surface area contributed by atoms with E-state index >= 15 is 0 Å². The van der Waals surface area contributed by atoms with Crippen molar-refractivity contribution in [3.8, 4) is 5.69 Å². The van der Waals surface area contributed by atoms with Crippen LogP contribution in [0.4, 0.5) is 5.69 Å². The van der Waals surface area contributed by atoms with Gasteiger partial charge in [0.1, 0.15) is 5.69 Å². The second-order valence-electron chi connectivity index (χ2n) is 6.14. The van der Waals surface area contributed by atoms with Crippen LogP contribution < -0.4 is 10.6 Å². The largest absolute Gasteiger partial charge is 0.461 e. The fraction of sp³-hybridized carbons (Fsp3) is 0.150. The maximum absolute atomic E-state index is 13.0. The number of ether oxygens (including phenoxy) is 1. The number of halogens is 1. The highest BCUT2D eigenvalue weighted by Crippen LogP contribution is 2.25. The number of fused-ring (bicyclic) bond motifs is 1. The summed E-state index contributed by atoms with van der Waals surface area (Å²) in [5.74, 6) is -0.594. The van der Waals surface area contributed by atoms with Gasteiger partial charge in [-0.1, -0.05) is 29.8 Å². The van der Waals surface area contributed by atoms with Crippen molar-refractivity contribution in [1.29, 1.82) is 0 Å². The van der Waals surface area contributed by atoms with Gasteiger partial charge in [-0.2, -0.15) is 5.10 Å². The van der Waals surface area contributed by atoms with Crippen molar-refractivity contribution in [1.82, 2.24) is 9.78 Å². The van der Waals surface area contributed by atoms with Crippen molar-refractivity contribution >= 4 is 29.0 Å². The Morgan fingerprint density at radius 2 is 1.86 bits per heavy atom. The lowest BCUT2D eigenvalue weighted by atomic mass is 10.1. The molecule has 7 nitrogen and oxygen atoms in total. The zero-order valence-corrected chi connectivity index (χ0v) is 15.8. The summed E-state index contributed by atoms with van der Waals surface area (Å²) in [6.07, 6.45) is 0. The monoisotopic (exact) mass is 396 g/mol. The van der Waals surface area contributed by atoms with E-state index in [1.807, 2.05) is 30.3 Å². The quantitative estimate of drug-likeness (QED) is 0.687. The maximum atomic E-state index is 13.0. The Hall–Kier alpha value is -3.32. The first-order valence-electron chi connectivity index (χ1n) is 8.77. The molecule has 0 saturated carbocycles. The van der Waals surface area contributed by atoms with E-state index in [2.05, 4.69) is 10.2 Å². The molecular formula is C20H17ClN4O3. The van der Waals surface area contributed by atoms with Gasteiger partial charge < -0.3 is 4.74 Å². The number of anilines is 1. The number of H-pyrrole nitrogens is 1. The van der Waals surface area contributed by atoms with Crippen LogP contribution in [0.25, 0.3) is 5.69 Å². The summed E-state index contributed by atoms with van der Waals surface area (Å²) in [4.78, 5) is 25.6. The van der Waals surface area contributed by atoms with Gasteiger partial charge in [0.2, 0.25) is 0 Å².